The minimum atomic E-state index is 0.483. The fourth-order valence-electron chi connectivity index (χ4n) is 1.45. The highest BCUT2D eigenvalue weighted by Crippen LogP contribution is 2.06. The van der Waals surface area contributed by atoms with Crippen molar-refractivity contribution in [2.45, 2.75) is 25.9 Å². The fourth-order valence-corrected chi connectivity index (χ4v) is 1.45. The molecule has 1 atom stereocenters. The van der Waals surface area contributed by atoms with Crippen molar-refractivity contribution in [2.75, 3.05) is 13.2 Å². The van der Waals surface area contributed by atoms with Gasteiger partial charge in [0.15, 0.2) is 0 Å². The Hall–Kier alpha value is -0.870. The second-order valence-corrected chi connectivity index (χ2v) is 3.37. The van der Waals surface area contributed by atoms with Crippen LogP contribution in [0.2, 0.25) is 0 Å². The smallest absolute Gasteiger partial charge is 0.133 e. The van der Waals surface area contributed by atoms with Gasteiger partial charge in [0.05, 0.1) is 12.3 Å². The van der Waals surface area contributed by atoms with Crippen LogP contribution in [0.25, 0.3) is 0 Å². The number of ether oxygens (including phenoxy) is 1. The highest BCUT2D eigenvalue weighted by atomic mass is 16.5. The van der Waals surface area contributed by atoms with Gasteiger partial charge in [0.1, 0.15) is 5.76 Å². The summed E-state index contributed by atoms with van der Waals surface area (Å²) in [5, 5.41) is 7.26. The van der Waals surface area contributed by atoms with Gasteiger partial charge in [-0.3, -0.25) is 0 Å². The van der Waals surface area contributed by atoms with Crippen LogP contribution in [-0.2, 0) is 11.3 Å². The van der Waals surface area contributed by atoms with Crippen molar-refractivity contribution in [3.63, 3.8) is 0 Å². The monoisotopic (exact) mass is 182 g/mol. The Morgan fingerprint density at radius 2 is 2.62 bits per heavy atom. The van der Waals surface area contributed by atoms with Crippen LogP contribution in [0.5, 0.6) is 0 Å². The molecule has 0 aromatic carbocycles. The van der Waals surface area contributed by atoms with E-state index in [2.05, 4.69) is 10.5 Å². The summed E-state index contributed by atoms with van der Waals surface area (Å²) in [5.41, 5.74) is 0.962. The number of nitrogens with zero attached hydrogens (tertiary/aromatic N) is 1. The lowest BCUT2D eigenvalue weighted by atomic mass is 10.2. The highest BCUT2D eigenvalue weighted by molar-refractivity contribution is 5.03. The zero-order valence-corrected chi connectivity index (χ0v) is 7.75. The second-order valence-electron chi connectivity index (χ2n) is 3.37. The summed E-state index contributed by atoms with van der Waals surface area (Å²) in [6, 6.07) is 2.43. The number of rotatable bonds is 3. The van der Waals surface area contributed by atoms with E-state index >= 15 is 0 Å². The zero-order chi connectivity index (χ0) is 9.10. The van der Waals surface area contributed by atoms with Gasteiger partial charge in [-0.2, -0.15) is 0 Å². The number of nitrogens with one attached hydrogen (secondary N) is 1. The summed E-state index contributed by atoms with van der Waals surface area (Å²) in [6.07, 6.45) is 1.09. The molecule has 1 aromatic heterocycles. The van der Waals surface area contributed by atoms with Crippen molar-refractivity contribution in [1.29, 1.82) is 0 Å². The van der Waals surface area contributed by atoms with Gasteiger partial charge in [-0.1, -0.05) is 5.16 Å². The first kappa shape index (κ1) is 8.72. The van der Waals surface area contributed by atoms with E-state index in [4.69, 9.17) is 9.26 Å². The van der Waals surface area contributed by atoms with E-state index in [1.807, 2.05) is 13.0 Å². The quantitative estimate of drug-likeness (QED) is 0.753. The van der Waals surface area contributed by atoms with Gasteiger partial charge >= 0.3 is 0 Å². The Morgan fingerprint density at radius 3 is 3.23 bits per heavy atom. The van der Waals surface area contributed by atoms with Crippen molar-refractivity contribution in [2.24, 2.45) is 0 Å². The molecular weight excluding hydrogens is 168 g/mol. The third-order valence-electron chi connectivity index (χ3n) is 2.18. The largest absolute Gasteiger partial charge is 0.380 e. The first-order chi connectivity index (χ1) is 6.34. The molecule has 0 bridgehead atoms. The van der Waals surface area contributed by atoms with E-state index in [0.29, 0.717) is 6.04 Å². The minimum Gasteiger partial charge on any atom is -0.380 e. The van der Waals surface area contributed by atoms with E-state index in [1.54, 1.807) is 0 Å². The molecule has 0 saturated carbocycles. The Kier molecular flexibility index (Phi) is 2.61. The van der Waals surface area contributed by atoms with Crippen molar-refractivity contribution in [1.82, 2.24) is 10.5 Å². The average Bonchev–Trinajstić information content (AvgIpc) is 2.71. The van der Waals surface area contributed by atoms with Gasteiger partial charge in [-0.25, -0.2) is 0 Å². The molecule has 1 saturated heterocycles. The SMILES string of the molecule is Cc1cc(CNC2CCOC2)no1. The topological polar surface area (TPSA) is 47.3 Å². The summed E-state index contributed by atoms with van der Waals surface area (Å²) in [6.45, 7) is 4.35. The van der Waals surface area contributed by atoms with Crippen LogP contribution in [-0.4, -0.2) is 24.4 Å². The zero-order valence-electron chi connectivity index (χ0n) is 7.75. The molecule has 0 spiro atoms. The minimum absolute atomic E-state index is 0.483. The summed E-state index contributed by atoms with van der Waals surface area (Å²) >= 11 is 0. The number of hydrogen-bond acceptors (Lipinski definition) is 4. The lowest BCUT2D eigenvalue weighted by Gasteiger charge is -2.07. The van der Waals surface area contributed by atoms with Crippen LogP contribution in [0.3, 0.4) is 0 Å². The molecule has 0 aliphatic carbocycles. The molecule has 1 aromatic rings. The Bertz CT molecular complexity index is 266. The fraction of sp³-hybridized carbons (Fsp3) is 0.667. The van der Waals surface area contributed by atoms with Gasteiger partial charge < -0.3 is 14.6 Å². The molecule has 1 aliphatic heterocycles. The molecular formula is C9H14N2O2. The van der Waals surface area contributed by atoms with E-state index in [1.165, 1.54) is 0 Å². The summed E-state index contributed by atoms with van der Waals surface area (Å²) in [7, 11) is 0. The third-order valence-corrected chi connectivity index (χ3v) is 2.18. The molecule has 0 amide bonds. The van der Waals surface area contributed by atoms with E-state index in [0.717, 1.165) is 37.6 Å². The van der Waals surface area contributed by atoms with Gasteiger partial charge in [0.2, 0.25) is 0 Å². The number of aryl methyl sites for hydroxylation is 1. The molecule has 1 N–H and O–H groups in total. The van der Waals surface area contributed by atoms with Crippen LogP contribution in [0.15, 0.2) is 10.6 Å². The molecule has 4 heteroatoms. The maximum Gasteiger partial charge on any atom is 0.133 e. The normalized spacial score (nSPS) is 22.4. The lowest BCUT2D eigenvalue weighted by Crippen LogP contribution is -2.28. The highest BCUT2D eigenvalue weighted by Gasteiger charge is 2.14. The third kappa shape index (κ3) is 2.29. The molecule has 13 heavy (non-hydrogen) atoms. The summed E-state index contributed by atoms with van der Waals surface area (Å²) in [5.74, 6) is 0.861. The first-order valence-corrected chi connectivity index (χ1v) is 4.58. The van der Waals surface area contributed by atoms with Gasteiger partial charge in [0, 0.05) is 25.3 Å². The van der Waals surface area contributed by atoms with Crippen molar-refractivity contribution < 1.29 is 9.26 Å². The number of hydrogen-bond donors (Lipinski definition) is 1. The Morgan fingerprint density at radius 1 is 1.69 bits per heavy atom. The van der Waals surface area contributed by atoms with Crippen LogP contribution in [0.4, 0.5) is 0 Å². The summed E-state index contributed by atoms with van der Waals surface area (Å²) in [4.78, 5) is 0. The molecule has 4 nitrogen and oxygen atoms in total. The predicted molar refractivity (Wildman–Crippen MR) is 47.3 cm³/mol. The number of aromatic nitrogens is 1. The van der Waals surface area contributed by atoms with Crippen molar-refractivity contribution in [3.05, 3.63) is 17.5 Å². The molecule has 1 aliphatic rings. The average molecular weight is 182 g/mol. The van der Waals surface area contributed by atoms with Crippen LogP contribution in [0, 0.1) is 6.92 Å². The van der Waals surface area contributed by atoms with Crippen LogP contribution >= 0.6 is 0 Å². The van der Waals surface area contributed by atoms with Crippen LogP contribution < -0.4 is 5.32 Å². The molecule has 72 valence electrons. The predicted octanol–water partition coefficient (Wildman–Crippen LogP) is 0.862. The maximum absolute atomic E-state index is 5.24. The van der Waals surface area contributed by atoms with Gasteiger partial charge in [-0.15, -0.1) is 0 Å². The van der Waals surface area contributed by atoms with Crippen LogP contribution in [0.1, 0.15) is 17.9 Å². The Balaban J connectivity index is 1.78. The molecule has 1 fully saturated rings. The van der Waals surface area contributed by atoms with Gasteiger partial charge in [0.25, 0.3) is 0 Å². The van der Waals surface area contributed by atoms with Crippen molar-refractivity contribution >= 4 is 0 Å². The van der Waals surface area contributed by atoms with Crippen molar-refractivity contribution in [3.8, 4) is 0 Å². The molecule has 1 unspecified atom stereocenters. The standard InChI is InChI=1S/C9H14N2O2/c1-7-4-9(11-13-7)5-10-8-2-3-12-6-8/h4,8,10H,2-3,5-6H2,1H3. The second kappa shape index (κ2) is 3.89. The van der Waals surface area contributed by atoms with E-state index in [-0.39, 0.29) is 0 Å². The molecule has 2 heterocycles. The summed E-state index contributed by atoms with van der Waals surface area (Å²) < 4.78 is 10.2. The lowest BCUT2D eigenvalue weighted by molar-refractivity contribution is 0.189. The molecule has 0 radical (unpaired) electrons. The van der Waals surface area contributed by atoms with Gasteiger partial charge in [-0.05, 0) is 13.3 Å². The van der Waals surface area contributed by atoms with E-state index in [9.17, 15) is 0 Å². The molecule has 2 rings (SSSR count). The van der Waals surface area contributed by atoms with E-state index < -0.39 is 0 Å². The Labute approximate surface area is 77.2 Å². The first-order valence-electron chi connectivity index (χ1n) is 4.58. The maximum atomic E-state index is 5.24.